The van der Waals surface area contributed by atoms with Crippen LogP contribution in [0.5, 0.6) is 5.75 Å². The van der Waals surface area contributed by atoms with Gasteiger partial charge in [-0.05, 0) is 50.0 Å². The second-order valence-corrected chi connectivity index (χ2v) is 11.6. The van der Waals surface area contributed by atoms with Crippen molar-refractivity contribution in [1.82, 2.24) is 19.7 Å². The highest BCUT2D eigenvalue weighted by Gasteiger charge is 2.33. The molecule has 198 valence electrons. The van der Waals surface area contributed by atoms with Crippen LogP contribution in [-0.4, -0.2) is 70.4 Å². The Morgan fingerprint density at radius 2 is 2.05 bits per heavy atom. The summed E-state index contributed by atoms with van der Waals surface area (Å²) < 4.78 is 14.1. The van der Waals surface area contributed by atoms with Crippen molar-refractivity contribution >= 4 is 38.8 Å². The minimum absolute atomic E-state index is 0.0983. The zero-order valence-electron chi connectivity index (χ0n) is 21.4. The molecule has 0 amide bonds. The number of ketones is 1. The molecule has 3 N–H and O–H groups in total. The van der Waals surface area contributed by atoms with Gasteiger partial charge in [0.1, 0.15) is 22.2 Å². The second kappa shape index (κ2) is 10.7. The molecule has 0 aromatic carbocycles. The molecule has 2 fully saturated rings. The smallest absolute Gasteiger partial charge is 0.147 e. The summed E-state index contributed by atoms with van der Waals surface area (Å²) in [6, 6.07) is 2.66. The SMILES string of the molecule is Cn1cc(Nc2cc(OC3CCC(N4CCOCC4)CC3)c3c4c(sc3n2)CC[C@@H]4CC(=O)CN)cn1. The lowest BCUT2D eigenvalue weighted by atomic mass is 9.91. The van der Waals surface area contributed by atoms with E-state index in [1.807, 2.05) is 19.3 Å². The van der Waals surface area contributed by atoms with Gasteiger partial charge in [0.2, 0.25) is 0 Å². The van der Waals surface area contributed by atoms with Crippen molar-refractivity contribution in [3.63, 3.8) is 0 Å². The summed E-state index contributed by atoms with van der Waals surface area (Å²) in [6.07, 6.45) is 10.7. The largest absolute Gasteiger partial charge is 0.490 e. The zero-order valence-corrected chi connectivity index (χ0v) is 22.3. The number of rotatable bonds is 8. The molecule has 1 atom stereocenters. The first-order valence-corrected chi connectivity index (χ1v) is 14.3. The molecule has 37 heavy (non-hydrogen) atoms. The Morgan fingerprint density at radius 1 is 1.24 bits per heavy atom. The molecular formula is C27H36N6O3S. The van der Waals surface area contributed by atoms with Crippen LogP contribution in [0.4, 0.5) is 11.5 Å². The van der Waals surface area contributed by atoms with Crippen LogP contribution in [0, 0.1) is 0 Å². The first-order valence-electron chi connectivity index (χ1n) is 13.5. The molecule has 0 unspecified atom stereocenters. The molecule has 10 heteroatoms. The fourth-order valence-electron chi connectivity index (χ4n) is 6.20. The summed E-state index contributed by atoms with van der Waals surface area (Å²) in [4.78, 5) is 22.1. The molecule has 1 aliphatic heterocycles. The Balaban J connectivity index is 1.28. The predicted molar refractivity (Wildman–Crippen MR) is 145 cm³/mol. The number of anilines is 2. The molecule has 2 aliphatic carbocycles. The van der Waals surface area contributed by atoms with Crippen molar-refractivity contribution in [3.8, 4) is 5.75 Å². The molecule has 9 nitrogen and oxygen atoms in total. The van der Waals surface area contributed by atoms with Gasteiger partial charge in [0.15, 0.2) is 0 Å². The predicted octanol–water partition coefficient (Wildman–Crippen LogP) is 3.74. The van der Waals surface area contributed by atoms with E-state index in [-0.39, 0.29) is 24.3 Å². The van der Waals surface area contributed by atoms with Crippen LogP contribution in [0.15, 0.2) is 18.5 Å². The van der Waals surface area contributed by atoms with Gasteiger partial charge >= 0.3 is 0 Å². The van der Waals surface area contributed by atoms with E-state index in [0.29, 0.717) is 12.5 Å². The van der Waals surface area contributed by atoms with E-state index in [2.05, 4.69) is 15.3 Å². The summed E-state index contributed by atoms with van der Waals surface area (Å²) in [5, 5.41) is 8.77. The highest BCUT2D eigenvalue weighted by molar-refractivity contribution is 7.19. The molecule has 3 aromatic rings. The third-order valence-electron chi connectivity index (χ3n) is 8.05. The minimum Gasteiger partial charge on any atom is -0.490 e. The number of nitrogens with two attached hydrogens (primary N) is 1. The molecule has 3 aliphatic rings. The third-order valence-corrected chi connectivity index (χ3v) is 9.21. The van der Waals surface area contributed by atoms with Gasteiger partial charge in [-0.3, -0.25) is 14.4 Å². The monoisotopic (exact) mass is 524 g/mol. The van der Waals surface area contributed by atoms with Crippen molar-refractivity contribution in [1.29, 1.82) is 0 Å². The number of carbonyl (C=O) groups is 1. The lowest BCUT2D eigenvalue weighted by Crippen LogP contribution is -2.46. The number of nitrogens with zero attached hydrogens (tertiary/aromatic N) is 4. The molecule has 6 rings (SSSR count). The number of carbonyl (C=O) groups excluding carboxylic acids is 1. The zero-order chi connectivity index (χ0) is 25.4. The normalized spacial score (nSPS) is 24.3. The van der Waals surface area contributed by atoms with E-state index < -0.39 is 0 Å². The number of nitrogens with one attached hydrogen (secondary N) is 1. The number of hydrogen-bond acceptors (Lipinski definition) is 9. The maximum absolute atomic E-state index is 12.3. The number of thiophene rings is 1. The van der Waals surface area contributed by atoms with E-state index in [0.717, 1.165) is 92.3 Å². The van der Waals surface area contributed by atoms with E-state index in [1.54, 1.807) is 22.2 Å². The van der Waals surface area contributed by atoms with Gasteiger partial charge in [-0.1, -0.05) is 0 Å². The fourth-order valence-corrected chi connectivity index (χ4v) is 7.49. The second-order valence-electron chi connectivity index (χ2n) is 10.5. The minimum atomic E-state index is 0.0983. The average molecular weight is 525 g/mol. The van der Waals surface area contributed by atoms with Gasteiger partial charge in [0.05, 0.1) is 43.1 Å². The summed E-state index contributed by atoms with van der Waals surface area (Å²) in [5.41, 5.74) is 7.82. The highest BCUT2D eigenvalue weighted by Crippen LogP contribution is 2.49. The first kappa shape index (κ1) is 24.8. The van der Waals surface area contributed by atoms with Crippen LogP contribution in [0.2, 0.25) is 0 Å². The van der Waals surface area contributed by atoms with E-state index in [4.69, 9.17) is 20.2 Å². The highest BCUT2D eigenvalue weighted by atomic mass is 32.1. The summed E-state index contributed by atoms with van der Waals surface area (Å²) in [6.45, 7) is 3.86. The van der Waals surface area contributed by atoms with E-state index in [9.17, 15) is 4.79 Å². The van der Waals surface area contributed by atoms with Gasteiger partial charge in [0, 0.05) is 49.7 Å². The maximum atomic E-state index is 12.3. The third kappa shape index (κ3) is 5.25. The Bertz CT molecular complexity index is 1260. The van der Waals surface area contributed by atoms with Gasteiger partial charge in [-0.2, -0.15) is 5.10 Å². The van der Waals surface area contributed by atoms with Crippen molar-refractivity contribution in [2.24, 2.45) is 12.8 Å². The van der Waals surface area contributed by atoms with Crippen LogP contribution >= 0.6 is 11.3 Å². The number of aryl methyl sites for hydroxylation is 2. The van der Waals surface area contributed by atoms with Gasteiger partial charge in [-0.15, -0.1) is 11.3 Å². The van der Waals surface area contributed by atoms with Crippen LogP contribution in [0.1, 0.15) is 54.9 Å². The van der Waals surface area contributed by atoms with Crippen molar-refractivity contribution < 1.29 is 14.3 Å². The number of hydrogen-bond donors (Lipinski definition) is 2. The number of morpholine rings is 1. The van der Waals surface area contributed by atoms with Crippen LogP contribution in [0.3, 0.4) is 0 Å². The van der Waals surface area contributed by atoms with Crippen molar-refractivity contribution in [2.45, 2.75) is 63.0 Å². The fraction of sp³-hybridized carbons (Fsp3) is 0.593. The van der Waals surface area contributed by atoms with Crippen molar-refractivity contribution in [2.75, 3.05) is 38.2 Å². The lowest BCUT2D eigenvalue weighted by Gasteiger charge is -2.38. The molecule has 1 saturated heterocycles. The molecule has 4 heterocycles. The first-order chi connectivity index (χ1) is 18.1. The summed E-state index contributed by atoms with van der Waals surface area (Å²) in [7, 11) is 1.90. The molecule has 0 radical (unpaired) electrons. The van der Waals surface area contributed by atoms with Crippen molar-refractivity contribution in [3.05, 3.63) is 28.9 Å². The molecular weight excluding hydrogens is 488 g/mol. The Kier molecular flexibility index (Phi) is 7.16. The topological polar surface area (TPSA) is 108 Å². The standard InChI is InChI=1S/C27H36N6O3S/c1-32-16-18(15-29-32)30-24-13-22(36-21-5-3-19(4-6-21)33-8-10-35-11-9-33)26-25-17(12-20(34)14-28)2-7-23(25)37-27(26)31-24/h13,15-17,19,21H,2-12,14,28H2,1H3,(H,30,31)/t17-,19?,21?/m1/s1. The number of ether oxygens (including phenoxy) is 2. The quantitative estimate of drug-likeness (QED) is 0.459. The maximum Gasteiger partial charge on any atom is 0.147 e. The van der Waals surface area contributed by atoms with Crippen LogP contribution in [-0.2, 0) is 23.0 Å². The average Bonchev–Trinajstić information content (AvgIpc) is 3.60. The molecule has 0 bridgehead atoms. The van der Waals surface area contributed by atoms with Crippen LogP contribution < -0.4 is 15.8 Å². The summed E-state index contributed by atoms with van der Waals surface area (Å²) >= 11 is 1.74. The lowest BCUT2D eigenvalue weighted by molar-refractivity contribution is -0.118. The van der Waals surface area contributed by atoms with E-state index in [1.165, 1.54) is 10.4 Å². The Labute approximate surface area is 221 Å². The number of fused-ring (bicyclic) bond motifs is 3. The Hall–Kier alpha value is -2.53. The molecule has 1 saturated carbocycles. The van der Waals surface area contributed by atoms with Gasteiger partial charge in [-0.25, -0.2) is 4.98 Å². The molecule has 3 aromatic heterocycles. The Morgan fingerprint density at radius 3 is 2.78 bits per heavy atom. The number of Topliss-reactive ketones (excluding diaryl/α,β-unsaturated/α-hetero) is 1. The number of pyridine rings is 1. The van der Waals surface area contributed by atoms with Gasteiger partial charge < -0.3 is 20.5 Å². The molecule has 0 spiro atoms. The number of aromatic nitrogens is 3. The van der Waals surface area contributed by atoms with Crippen LogP contribution in [0.25, 0.3) is 10.2 Å². The van der Waals surface area contributed by atoms with E-state index >= 15 is 0 Å². The summed E-state index contributed by atoms with van der Waals surface area (Å²) in [5.74, 6) is 1.95. The van der Waals surface area contributed by atoms with Gasteiger partial charge in [0.25, 0.3) is 0 Å².